The average Bonchev–Trinajstić information content (AvgIpc) is 2.65. The van der Waals surface area contributed by atoms with E-state index in [1.807, 2.05) is 36.4 Å². The maximum absolute atomic E-state index is 12.0. The van der Waals surface area contributed by atoms with Crippen molar-refractivity contribution >= 4 is 18.0 Å². The van der Waals surface area contributed by atoms with Crippen molar-refractivity contribution in [3.05, 3.63) is 77.4 Å². The number of hydrogen-bond acceptors (Lipinski definition) is 4. The highest BCUT2D eigenvalue weighted by Crippen LogP contribution is 2.06. The van der Waals surface area contributed by atoms with Gasteiger partial charge < -0.3 is 10.1 Å². The molecule has 1 N–H and O–H groups in total. The van der Waals surface area contributed by atoms with Crippen LogP contribution < -0.4 is 5.32 Å². The first-order valence-electron chi connectivity index (χ1n) is 7.79. The van der Waals surface area contributed by atoms with E-state index in [2.05, 4.69) is 5.32 Å². The Morgan fingerprint density at radius 2 is 1.84 bits per heavy atom. The first-order chi connectivity index (χ1) is 12.1. The number of benzene rings is 2. The van der Waals surface area contributed by atoms with Crippen LogP contribution in [0.2, 0.25) is 0 Å². The van der Waals surface area contributed by atoms with E-state index >= 15 is 0 Å². The normalized spacial score (nSPS) is 11.5. The fraction of sp³-hybridized carbons (Fsp3) is 0.150. The van der Waals surface area contributed by atoms with Gasteiger partial charge in [-0.2, -0.15) is 5.26 Å². The van der Waals surface area contributed by atoms with Gasteiger partial charge in [0.25, 0.3) is 5.91 Å². The van der Waals surface area contributed by atoms with Crippen LogP contribution in [0.25, 0.3) is 6.08 Å². The summed E-state index contributed by atoms with van der Waals surface area (Å²) in [5, 5.41) is 11.5. The molecule has 0 aliphatic carbocycles. The number of carbonyl (C=O) groups excluding carboxylic acids is 2. The first-order valence-corrected chi connectivity index (χ1v) is 7.79. The number of carbonyl (C=O) groups is 2. The number of esters is 1. The van der Waals surface area contributed by atoms with Gasteiger partial charge in [-0.1, -0.05) is 42.5 Å². The Hall–Kier alpha value is -3.39. The zero-order valence-corrected chi connectivity index (χ0v) is 13.8. The lowest BCUT2D eigenvalue weighted by Gasteiger charge is -2.12. The number of hydrogen-bond donors (Lipinski definition) is 1. The molecule has 0 aliphatic heterocycles. The summed E-state index contributed by atoms with van der Waals surface area (Å²) in [7, 11) is 0. The third-order valence-electron chi connectivity index (χ3n) is 3.42. The van der Waals surface area contributed by atoms with Gasteiger partial charge in [-0.15, -0.1) is 0 Å². The fourth-order valence-electron chi connectivity index (χ4n) is 2.03. The van der Waals surface area contributed by atoms with Crippen LogP contribution in [-0.2, 0) is 20.9 Å². The monoisotopic (exact) mass is 334 g/mol. The van der Waals surface area contributed by atoms with Gasteiger partial charge in [0.1, 0.15) is 0 Å². The van der Waals surface area contributed by atoms with E-state index in [1.54, 1.807) is 30.3 Å². The van der Waals surface area contributed by atoms with Crippen molar-refractivity contribution in [2.24, 2.45) is 0 Å². The van der Waals surface area contributed by atoms with Crippen LogP contribution in [0.1, 0.15) is 23.6 Å². The summed E-state index contributed by atoms with van der Waals surface area (Å²) < 4.78 is 5.08. The zero-order valence-electron chi connectivity index (χ0n) is 13.8. The average molecular weight is 334 g/mol. The molecule has 2 aromatic carbocycles. The summed E-state index contributed by atoms with van der Waals surface area (Å²) in [5.41, 5.74) is 2.27. The van der Waals surface area contributed by atoms with Gasteiger partial charge in [0.05, 0.1) is 11.6 Å². The van der Waals surface area contributed by atoms with Gasteiger partial charge in [-0.25, -0.2) is 4.79 Å². The van der Waals surface area contributed by atoms with E-state index in [0.717, 1.165) is 11.1 Å². The van der Waals surface area contributed by atoms with Gasteiger partial charge >= 0.3 is 5.97 Å². The predicted molar refractivity (Wildman–Crippen MR) is 94.0 cm³/mol. The zero-order chi connectivity index (χ0) is 18.1. The van der Waals surface area contributed by atoms with E-state index in [-0.39, 0.29) is 5.91 Å². The second-order valence-electron chi connectivity index (χ2n) is 5.35. The predicted octanol–water partition coefficient (Wildman–Crippen LogP) is 2.82. The summed E-state index contributed by atoms with van der Waals surface area (Å²) in [6.45, 7) is 1.90. The molecule has 0 heterocycles. The van der Waals surface area contributed by atoms with Crippen molar-refractivity contribution < 1.29 is 14.3 Å². The van der Waals surface area contributed by atoms with Crippen molar-refractivity contribution in [1.29, 1.82) is 5.26 Å². The standard InChI is InChI=1S/C20H18N2O3/c1-15(20(24)22-14-18-5-3-2-4-6-18)25-19(23)12-11-16-7-9-17(13-21)10-8-16/h2-12,15H,14H2,1H3,(H,22,24)/b12-11+/t15-/m1/s1. The van der Waals surface area contributed by atoms with Crippen molar-refractivity contribution in [3.63, 3.8) is 0 Å². The third kappa shape index (κ3) is 5.96. The highest BCUT2D eigenvalue weighted by atomic mass is 16.5. The minimum Gasteiger partial charge on any atom is -0.449 e. The van der Waals surface area contributed by atoms with E-state index in [9.17, 15) is 9.59 Å². The Balaban J connectivity index is 1.81. The SMILES string of the molecule is C[C@@H](OC(=O)/C=C/c1ccc(C#N)cc1)C(=O)NCc1ccccc1. The number of rotatable bonds is 6. The van der Waals surface area contributed by atoms with Crippen molar-refractivity contribution in [2.75, 3.05) is 0 Å². The van der Waals surface area contributed by atoms with Gasteiger partial charge in [-0.3, -0.25) is 4.79 Å². The summed E-state index contributed by atoms with van der Waals surface area (Å²) in [6.07, 6.45) is 1.93. The maximum atomic E-state index is 12.0. The Morgan fingerprint density at radius 3 is 2.48 bits per heavy atom. The topological polar surface area (TPSA) is 79.2 Å². The largest absolute Gasteiger partial charge is 0.449 e. The molecule has 2 rings (SSSR count). The molecule has 2 aromatic rings. The molecule has 1 amide bonds. The van der Waals surface area contributed by atoms with Crippen LogP contribution in [0.3, 0.4) is 0 Å². The van der Waals surface area contributed by atoms with E-state index in [4.69, 9.17) is 10.00 Å². The molecule has 126 valence electrons. The number of nitrogens with one attached hydrogen (secondary N) is 1. The summed E-state index contributed by atoms with van der Waals surface area (Å²) in [6, 6.07) is 18.3. The lowest BCUT2D eigenvalue weighted by molar-refractivity contribution is -0.150. The van der Waals surface area contributed by atoms with E-state index < -0.39 is 12.1 Å². The molecule has 0 aromatic heterocycles. The second-order valence-corrected chi connectivity index (χ2v) is 5.35. The van der Waals surface area contributed by atoms with Gasteiger partial charge in [-0.05, 0) is 36.3 Å². The summed E-state index contributed by atoms with van der Waals surface area (Å²) >= 11 is 0. The fourth-order valence-corrected chi connectivity index (χ4v) is 2.03. The molecule has 5 nitrogen and oxygen atoms in total. The summed E-state index contributed by atoms with van der Waals surface area (Å²) in [4.78, 5) is 23.7. The molecule has 5 heteroatoms. The van der Waals surface area contributed by atoms with Crippen LogP contribution >= 0.6 is 0 Å². The van der Waals surface area contributed by atoms with Crippen molar-refractivity contribution in [1.82, 2.24) is 5.32 Å². The molecule has 0 bridgehead atoms. The molecule has 0 unspecified atom stereocenters. The summed E-state index contributed by atoms with van der Waals surface area (Å²) in [5.74, 6) is -0.962. The second kappa shape index (κ2) is 9.04. The minimum absolute atomic E-state index is 0.357. The lowest BCUT2D eigenvalue weighted by Crippen LogP contribution is -2.35. The molecule has 0 aliphatic rings. The molecule has 1 atom stereocenters. The van der Waals surface area contributed by atoms with Crippen molar-refractivity contribution in [3.8, 4) is 6.07 Å². The van der Waals surface area contributed by atoms with Gasteiger partial charge in [0.2, 0.25) is 0 Å². The van der Waals surface area contributed by atoms with E-state index in [0.29, 0.717) is 12.1 Å². The van der Waals surface area contributed by atoms with Crippen LogP contribution in [0.4, 0.5) is 0 Å². The molecular formula is C20H18N2O3. The first kappa shape index (κ1) is 18.0. The number of nitrogens with zero attached hydrogens (tertiary/aromatic N) is 1. The van der Waals surface area contributed by atoms with Gasteiger partial charge in [0, 0.05) is 12.6 Å². The highest BCUT2D eigenvalue weighted by Gasteiger charge is 2.15. The Kier molecular flexibility index (Phi) is 6.49. The van der Waals surface area contributed by atoms with Crippen LogP contribution in [0.15, 0.2) is 60.7 Å². The Bertz CT molecular complexity index is 790. The Labute approximate surface area is 146 Å². The van der Waals surface area contributed by atoms with Gasteiger partial charge in [0.15, 0.2) is 6.10 Å². The van der Waals surface area contributed by atoms with Crippen LogP contribution in [-0.4, -0.2) is 18.0 Å². The van der Waals surface area contributed by atoms with E-state index in [1.165, 1.54) is 13.0 Å². The molecule has 0 fully saturated rings. The smallest absolute Gasteiger partial charge is 0.331 e. The molecule has 0 saturated carbocycles. The van der Waals surface area contributed by atoms with Crippen LogP contribution in [0, 0.1) is 11.3 Å². The maximum Gasteiger partial charge on any atom is 0.331 e. The Morgan fingerprint density at radius 1 is 1.16 bits per heavy atom. The minimum atomic E-state index is -0.887. The lowest BCUT2D eigenvalue weighted by atomic mass is 10.1. The highest BCUT2D eigenvalue weighted by molar-refractivity contribution is 5.90. The molecule has 25 heavy (non-hydrogen) atoms. The van der Waals surface area contributed by atoms with Crippen molar-refractivity contribution in [2.45, 2.75) is 19.6 Å². The number of ether oxygens (including phenoxy) is 1. The molecule has 0 spiro atoms. The molecule has 0 saturated heterocycles. The van der Waals surface area contributed by atoms with Crippen LogP contribution in [0.5, 0.6) is 0 Å². The molecule has 0 radical (unpaired) electrons. The number of amides is 1. The molecular weight excluding hydrogens is 316 g/mol. The quantitative estimate of drug-likeness (QED) is 0.651. The number of nitriles is 1. The third-order valence-corrected chi connectivity index (χ3v) is 3.42.